The quantitative estimate of drug-likeness (QED) is 0.362. The first kappa shape index (κ1) is 19.6. The molecule has 0 unspecified atom stereocenters. The lowest BCUT2D eigenvalue weighted by atomic mass is 10.2. The lowest BCUT2D eigenvalue weighted by Crippen LogP contribution is -2.17. The number of aromatic nitrogens is 1. The normalized spacial score (nSPS) is 10.2. The molecule has 6 nitrogen and oxygen atoms in total. The number of ether oxygens (including phenoxy) is 2. The molecule has 0 amide bonds. The molecule has 22 heavy (non-hydrogen) atoms. The van der Waals surface area contributed by atoms with Crippen molar-refractivity contribution in [1.29, 1.82) is 0 Å². The van der Waals surface area contributed by atoms with Gasteiger partial charge in [-0.05, 0) is 19.1 Å². The summed E-state index contributed by atoms with van der Waals surface area (Å²) in [4.78, 5) is 15.1. The number of hydrazone groups is 1. The van der Waals surface area contributed by atoms with Gasteiger partial charge in [-0.25, -0.2) is 4.79 Å². The molecule has 1 aromatic rings. The zero-order valence-corrected chi connectivity index (χ0v) is 14.2. The van der Waals surface area contributed by atoms with Gasteiger partial charge in [0, 0.05) is 31.4 Å². The van der Waals surface area contributed by atoms with E-state index in [9.17, 15) is 4.79 Å². The number of methoxy groups -OCH3 is 1. The highest BCUT2D eigenvalue weighted by molar-refractivity contribution is 5.78. The molecule has 0 bridgehead atoms. The third kappa shape index (κ3) is 6.88. The highest BCUT2D eigenvalue weighted by Gasteiger charge is 2.07. The fourth-order valence-electron chi connectivity index (χ4n) is 1.43. The van der Waals surface area contributed by atoms with Gasteiger partial charge in [0.05, 0.1) is 12.8 Å². The molecular weight excluding hydrogens is 282 g/mol. The van der Waals surface area contributed by atoms with Crippen LogP contribution in [0.25, 0.3) is 5.70 Å². The SMILES string of the molecule is C=C(c1ccnc(C)c1)N(C)/N=C(\C)OCC(=O)OC.CC. The van der Waals surface area contributed by atoms with Crippen LogP contribution in [0, 0.1) is 6.92 Å². The number of rotatable bonds is 5. The molecule has 1 aromatic heterocycles. The first-order valence-electron chi connectivity index (χ1n) is 7.04. The summed E-state index contributed by atoms with van der Waals surface area (Å²) < 4.78 is 9.63. The zero-order chi connectivity index (χ0) is 17.1. The Bertz CT molecular complexity index is 527. The van der Waals surface area contributed by atoms with E-state index in [0.717, 1.165) is 11.3 Å². The van der Waals surface area contributed by atoms with Gasteiger partial charge in [-0.2, -0.15) is 0 Å². The van der Waals surface area contributed by atoms with Gasteiger partial charge in [-0.15, -0.1) is 5.10 Å². The van der Waals surface area contributed by atoms with Crippen molar-refractivity contribution in [2.75, 3.05) is 20.8 Å². The third-order valence-corrected chi connectivity index (χ3v) is 2.54. The molecule has 0 N–H and O–H groups in total. The molecule has 0 fully saturated rings. The summed E-state index contributed by atoms with van der Waals surface area (Å²) in [5.41, 5.74) is 2.53. The monoisotopic (exact) mass is 307 g/mol. The third-order valence-electron chi connectivity index (χ3n) is 2.54. The van der Waals surface area contributed by atoms with E-state index in [1.54, 1.807) is 25.2 Å². The lowest BCUT2D eigenvalue weighted by Gasteiger charge is -2.17. The summed E-state index contributed by atoms with van der Waals surface area (Å²) in [6, 6.07) is 3.77. The second-order valence-corrected chi connectivity index (χ2v) is 4.14. The van der Waals surface area contributed by atoms with Gasteiger partial charge >= 0.3 is 5.97 Å². The molecule has 122 valence electrons. The second kappa shape index (κ2) is 10.4. The number of aryl methyl sites for hydroxylation is 1. The molecule has 0 aromatic carbocycles. The molecule has 0 aliphatic heterocycles. The fraction of sp³-hybridized carbons (Fsp3) is 0.438. The van der Waals surface area contributed by atoms with E-state index in [4.69, 9.17) is 4.74 Å². The number of esters is 1. The molecular formula is C16H25N3O3. The lowest BCUT2D eigenvalue weighted by molar-refractivity contribution is -0.143. The van der Waals surface area contributed by atoms with Crippen LogP contribution in [0.15, 0.2) is 30.0 Å². The van der Waals surface area contributed by atoms with Gasteiger partial charge in [0.25, 0.3) is 0 Å². The van der Waals surface area contributed by atoms with Crippen molar-refractivity contribution in [1.82, 2.24) is 9.99 Å². The predicted molar refractivity (Wildman–Crippen MR) is 88.2 cm³/mol. The van der Waals surface area contributed by atoms with Crippen LogP contribution in [0.4, 0.5) is 0 Å². The Kier molecular flexibility index (Phi) is 9.25. The number of hydrogen-bond donors (Lipinski definition) is 0. The number of hydrogen-bond acceptors (Lipinski definition) is 6. The molecule has 0 saturated heterocycles. The van der Waals surface area contributed by atoms with Crippen molar-refractivity contribution in [2.24, 2.45) is 5.10 Å². The van der Waals surface area contributed by atoms with Crippen LogP contribution in [-0.2, 0) is 14.3 Å². The fourth-order valence-corrected chi connectivity index (χ4v) is 1.43. The Hall–Kier alpha value is -2.37. The van der Waals surface area contributed by atoms with Gasteiger partial charge in [0.1, 0.15) is 0 Å². The summed E-state index contributed by atoms with van der Waals surface area (Å²) in [5.74, 6) is -0.101. The van der Waals surface area contributed by atoms with Crippen LogP contribution in [0.5, 0.6) is 0 Å². The van der Waals surface area contributed by atoms with E-state index in [0.29, 0.717) is 11.6 Å². The van der Waals surface area contributed by atoms with E-state index in [1.165, 1.54) is 7.11 Å². The average Bonchev–Trinajstić information content (AvgIpc) is 2.53. The Morgan fingerprint density at radius 3 is 2.64 bits per heavy atom. The van der Waals surface area contributed by atoms with E-state index >= 15 is 0 Å². The largest absolute Gasteiger partial charge is 0.468 e. The summed E-state index contributed by atoms with van der Waals surface area (Å²) in [5, 5.41) is 5.77. The molecule has 0 radical (unpaired) electrons. The molecule has 0 atom stereocenters. The van der Waals surface area contributed by atoms with Crippen molar-refractivity contribution in [3.8, 4) is 0 Å². The minimum absolute atomic E-state index is 0.166. The van der Waals surface area contributed by atoms with E-state index in [1.807, 2.05) is 32.9 Å². The van der Waals surface area contributed by atoms with Crippen LogP contribution in [0.1, 0.15) is 32.0 Å². The van der Waals surface area contributed by atoms with Gasteiger partial charge in [-0.3, -0.25) is 9.99 Å². The van der Waals surface area contributed by atoms with Crippen LogP contribution in [0.2, 0.25) is 0 Å². The predicted octanol–water partition coefficient (Wildman–Crippen LogP) is 2.84. The van der Waals surface area contributed by atoms with E-state index < -0.39 is 5.97 Å². The number of carbonyl (C=O) groups excluding carboxylic acids is 1. The average molecular weight is 307 g/mol. The smallest absolute Gasteiger partial charge is 0.343 e. The molecule has 1 heterocycles. The van der Waals surface area contributed by atoms with Crippen molar-refractivity contribution in [3.63, 3.8) is 0 Å². The topological polar surface area (TPSA) is 64.0 Å². The Labute approximate surface area is 132 Å². The zero-order valence-electron chi connectivity index (χ0n) is 14.2. The molecule has 0 aliphatic carbocycles. The highest BCUT2D eigenvalue weighted by Crippen LogP contribution is 2.16. The van der Waals surface area contributed by atoms with Crippen molar-refractivity contribution in [2.45, 2.75) is 27.7 Å². The summed E-state index contributed by atoms with van der Waals surface area (Å²) >= 11 is 0. The van der Waals surface area contributed by atoms with Gasteiger partial charge in [0.2, 0.25) is 5.90 Å². The molecule has 1 rings (SSSR count). The Morgan fingerprint density at radius 1 is 1.45 bits per heavy atom. The highest BCUT2D eigenvalue weighted by atomic mass is 16.6. The first-order chi connectivity index (χ1) is 10.4. The molecule has 0 aliphatic rings. The first-order valence-corrected chi connectivity index (χ1v) is 7.04. The standard InChI is InChI=1S/C14H19N3O3.C2H6/c1-10-8-13(6-7-15-10)11(2)17(4)16-12(3)20-9-14(18)19-5;1-2/h6-8H,2,9H2,1,3-5H3;1-2H3/b16-12+;. The Morgan fingerprint density at radius 2 is 2.09 bits per heavy atom. The maximum Gasteiger partial charge on any atom is 0.343 e. The minimum Gasteiger partial charge on any atom is -0.468 e. The molecule has 0 spiro atoms. The van der Waals surface area contributed by atoms with Crippen molar-refractivity contribution >= 4 is 17.6 Å². The molecule has 6 heteroatoms. The summed E-state index contributed by atoms with van der Waals surface area (Å²) in [7, 11) is 3.06. The number of pyridine rings is 1. The van der Waals surface area contributed by atoms with Gasteiger partial charge in [-0.1, -0.05) is 20.4 Å². The van der Waals surface area contributed by atoms with Gasteiger partial charge in [0.15, 0.2) is 6.61 Å². The Balaban J connectivity index is 0.00000211. The minimum atomic E-state index is -0.453. The van der Waals surface area contributed by atoms with E-state index in [2.05, 4.69) is 21.4 Å². The number of carbonyl (C=O) groups is 1. The molecule has 0 saturated carbocycles. The van der Waals surface area contributed by atoms with Crippen LogP contribution >= 0.6 is 0 Å². The second-order valence-electron chi connectivity index (χ2n) is 4.14. The van der Waals surface area contributed by atoms with Gasteiger partial charge < -0.3 is 9.47 Å². The summed E-state index contributed by atoms with van der Waals surface area (Å²) in [6.45, 7) is 11.4. The maximum absolute atomic E-state index is 11.0. The van der Waals surface area contributed by atoms with Crippen molar-refractivity contribution < 1.29 is 14.3 Å². The number of nitrogens with zero attached hydrogens (tertiary/aromatic N) is 3. The van der Waals surface area contributed by atoms with Crippen molar-refractivity contribution in [3.05, 3.63) is 36.2 Å². The van der Waals surface area contributed by atoms with Crippen LogP contribution in [0.3, 0.4) is 0 Å². The maximum atomic E-state index is 11.0. The summed E-state index contributed by atoms with van der Waals surface area (Å²) in [6.07, 6.45) is 1.72. The van der Waals surface area contributed by atoms with Crippen LogP contribution < -0.4 is 0 Å². The van der Waals surface area contributed by atoms with Crippen LogP contribution in [-0.4, -0.2) is 42.6 Å². The van der Waals surface area contributed by atoms with E-state index in [-0.39, 0.29) is 6.61 Å².